The molecule has 0 saturated carbocycles. The molecule has 0 saturated heterocycles. The minimum absolute atomic E-state index is 0.0380. The molecule has 0 unspecified atom stereocenters. The van der Waals surface area contributed by atoms with Crippen LogP contribution in [0.25, 0.3) is 10.9 Å². The van der Waals surface area contributed by atoms with Gasteiger partial charge in [0, 0.05) is 30.0 Å². The molecule has 124 valence electrons. The highest BCUT2D eigenvalue weighted by atomic mass is 32.2. The number of carbonyl (C=O) groups excluding carboxylic acids is 1. The van der Waals surface area contributed by atoms with Crippen LogP contribution in [0.2, 0.25) is 0 Å². The second-order valence-electron chi connectivity index (χ2n) is 5.53. The van der Waals surface area contributed by atoms with Gasteiger partial charge >= 0.3 is 0 Å². The lowest BCUT2D eigenvalue weighted by Gasteiger charge is -2.12. The number of aromatic nitrogens is 1. The van der Waals surface area contributed by atoms with Crippen LogP contribution in [0.1, 0.15) is 23.2 Å². The van der Waals surface area contributed by atoms with Gasteiger partial charge in [-0.25, -0.2) is 0 Å². The zero-order valence-electron chi connectivity index (χ0n) is 13.8. The third kappa shape index (κ3) is 4.94. The quantitative estimate of drug-likeness (QED) is 0.730. The fourth-order valence-electron chi connectivity index (χ4n) is 2.59. The van der Waals surface area contributed by atoms with Crippen molar-refractivity contribution in [2.24, 2.45) is 0 Å². The molecule has 1 heterocycles. The van der Waals surface area contributed by atoms with E-state index in [-0.39, 0.29) is 12.5 Å². The molecule has 23 heavy (non-hydrogen) atoms. The fraction of sp³-hybridized carbons (Fsp3) is 0.444. The second kappa shape index (κ2) is 8.89. The maximum atomic E-state index is 12.2. The first-order valence-electron chi connectivity index (χ1n) is 7.93. The van der Waals surface area contributed by atoms with E-state index < -0.39 is 0 Å². The van der Waals surface area contributed by atoms with Gasteiger partial charge in [0.1, 0.15) is 0 Å². The summed E-state index contributed by atoms with van der Waals surface area (Å²) in [5.41, 5.74) is 4.07. The largest absolute Gasteiger partial charge is 0.396 e. The maximum absolute atomic E-state index is 12.2. The number of carbonyl (C=O) groups is 1. The SMILES string of the molecule is Cc1nc2ccccc2c(C)c1CC(=O)NCCSCCCO. The lowest BCUT2D eigenvalue weighted by molar-refractivity contribution is -0.120. The van der Waals surface area contributed by atoms with Crippen LogP contribution < -0.4 is 5.32 Å². The lowest BCUT2D eigenvalue weighted by atomic mass is 9.99. The summed E-state index contributed by atoms with van der Waals surface area (Å²) < 4.78 is 0. The number of hydrogen-bond donors (Lipinski definition) is 2. The molecule has 1 aromatic carbocycles. The monoisotopic (exact) mass is 332 g/mol. The molecule has 0 radical (unpaired) electrons. The van der Waals surface area contributed by atoms with Crippen molar-refractivity contribution in [1.82, 2.24) is 10.3 Å². The molecule has 4 nitrogen and oxygen atoms in total. The van der Waals surface area contributed by atoms with Gasteiger partial charge < -0.3 is 10.4 Å². The fourth-order valence-corrected chi connectivity index (χ4v) is 3.37. The molecule has 0 aliphatic heterocycles. The first kappa shape index (κ1) is 17.8. The molecule has 1 amide bonds. The van der Waals surface area contributed by atoms with Crippen molar-refractivity contribution in [2.45, 2.75) is 26.7 Å². The van der Waals surface area contributed by atoms with Crippen LogP contribution >= 0.6 is 11.8 Å². The highest BCUT2D eigenvalue weighted by Gasteiger charge is 2.12. The van der Waals surface area contributed by atoms with E-state index in [0.29, 0.717) is 13.0 Å². The lowest BCUT2D eigenvalue weighted by Crippen LogP contribution is -2.28. The Kier molecular flexibility index (Phi) is 6.86. The molecule has 5 heteroatoms. The van der Waals surface area contributed by atoms with E-state index in [1.807, 2.05) is 25.1 Å². The van der Waals surface area contributed by atoms with Crippen LogP contribution in [0.5, 0.6) is 0 Å². The Morgan fingerprint density at radius 1 is 1.26 bits per heavy atom. The predicted molar refractivity (Wildman–Crippen MR) is 97.0 cm³/mol. The van der Waals surface area contributed by atoms with Gasteiger partial charge in [0.2, 0.25) is 5.91 Å². The molecule has 2 aromatic rings. The number of rotatable bonds is 8. The number of benzene rings is 1. The van der Waals surface area contributed by atoms with Crippen LogP contribution in [0.4, 0.5) is 0 Å². The first-order chi connectivity index (χ1) is 11.1. The predicted octanol–water partition coefficient (Wildman–Crippen LogP) is 2.63. The summed E-state index contributed by atoms with van der Waals surface area (Å²) in [6, 6.07) is 8.04. The normalized spacial score (nSPS) is 10.9. The smallest absolute Gasteiger partial charge is 0.224 e. The molecule has 0 atom stereocenters. The number of nitrogens with zero attached hydrogens (tertiary/aromatic N) is 1. The van der Waals surface area contributed by atoms with Crippen molar-refractivity contribution in [1.29, 1.82) is 0 Å². The van der Waals surface area contributed by atoms with Gasteiger partial charge in [-0.1, -0.05) is 18.2 Å². The first-order valence-corrected chi connectivity index (χ1v) is 9.09. The minimum atomic E-state index is 0.0380. The van der Waals surface area contributed by atoms with E-state index in [9.17, 15) is 4.79 Å². The number of aryl methyl sites for hydroxylation is 2. The summed E-state index contributed by atoms with van der Waals surface area (Å²) in [5.74, 6) is 1.84. The van der Waals surface area contributed by atoms with Gasteiger partial charge in [0.25, 0.3) is 0 Å². The summed E-state index contributed by atoms with van der Waals surface area (Å²) in [6.07, 6.45) is 1.18. The van der Waals surface area contributed by atoms with Crippen molar-refractivity contribution < 1.29 is 9.90 Å². The Hall–Kier alpha value is -1.59. The summed E-state index contributed by atoms with van der Waals surface area (Å²) >= 11 is 1.75. The minimum Gasteiger partial charge on any atom is -0.396 e. The van der Waals surface area contributed by atoms with Crippen molar-refractivity contribution in [3.8, 4) is 0 Å². The second-order valence-corrected chi connectivity index (χ2v) is 6.76. The van der Waals surface area contributed by atoms with E-state index >= 15 is 0 Å². The number of amides is 1. The van der Waals surface area contributed by atoms with Crippen LogP contribution in [-0.2, 0) is 11.2 Å². The van der Waals surface area contributed by atoms with Crippen molar-refractivity contribution >= 4 is 28.6 Å². The number of aliphatic hydroxyl groups excluding tert-OH is 1. The molecule has 2 N–H and O–H groups in total. The third-order valence-corrected chi connectivity index (χ3v) is 4.91. The number of thioether (sulfide) groups is 1. The number of pyridine rings is 1. The molecule has 0 fully saturated rings. The third-order valence-electron chi connectivity index (χ3n) is 3.84. The van der Waals surface area contributed by atoms with E-state index in [0.717, 1.165) is 45.7 Å². The molecule has 2 rings (SSSR count). The van der Waals surface area contributed by atoms with Crippen molar-refractivity contribution in [3.63, 3.8) is 0 Å². The number of para-hydroxylation sites is 1. The molecular weight excluding hydrogens is 308 g/mol. The van der Waals surface area contributed by atoms with Gasteiger partial charge in [0.15, 0.2) is 0 Å². The van der Waals surface area contributed by atoms with Crippen molar-refractivity contribution in [3.05, 3.63) is 41.1 Å². The molecule has 0 spiro atoms. The number of hydrogen-bond acceptors (Lipinski definition) is 4. The number of fused-ring (bicyclic) bond motifs is 1. The molecule has 0 aliphatic carbocycles. The molecule has 0 aliphatic rings. The van der Waals surface area contributed by atoms with Crippen LogP contribution in [-0.4, -0.2) is 40.7 Å². The summed E-state index contributed by atoms with van der Waals surface area (Å²) in [6.45, 7) is 4.91. The number of aliphatic hydroxyl groups is 1. The average Bonchev–Trinajstić information content (AvgIpc) is 2.55. The van der Waals surface area contributed by atoms with Gasteiger partial charge in [-0.15, -0.1) is 0 Å². The zero-order valence-corrected chi connectivity index (χ0v) is 14.6. The van der Waals surface area contributed by atoms with E-state index in [4.69, 9.17) is 5.11 Å². The van der Waals surface area contributed by atoms with Gasteiger partial charge in [-0.05, 0) is 43.2 Å². The summed E-state index contributed by atoms with van der Waals surface area (Å²) in [4.78, 5) is 16.8. The van der Waals surface area contributed by atoms with Gasteiger partial charge in [-0.2, -0.15) is 11.8 Å². The van der Waals surface area contributed by atoms with Crippen molar-refractivity contribution in [2.75, 3.05) is 24.7 Å². The molecule has 0 bridgehead atoms. The maximum Gasteiger partial charge on any atom is 0.224 e. The molecular formula is C18H24N2O2S. The van der Waals surface area contributed by atoms with E-state index in [1.54, 1.807) is 11.8 Å². The van der Waals surface area contributed by atoms with E-state index in [1.165, 1.54) is 0 Å². The molecule has 1 aromatic heterocycles. The van der Waals surface area contributed by atoms with Crippen LogP contribution in [0.3, 0.4) is 0 Å². The van der Waals surface area contributed by atoms with Gasteiger partial charge in [-0.3, -0.25) is 9.78 Å². The Morgan fingerprint density at radius 2 is 2.04 bits per heavy atom. The van der Waals surface area contributed by atoms with Crippen LogP contribution in [0.15, 0.2) is 24.3 Å². The topological polar surface area (TPSA) is 62.2 Å². The standard InChI is InChI=1S/C18H24N2O2S/c1-13-15-6-3-4-7-17(15)20-14(2)16(13)12-18(22)19-8-11-23-10-5-9-21/h3-4,6-7,21H,5,8-12H2,1-2H3,(H,19,22). The average molecular weight is 332 g/mol. The summed E-state index contributed by atoms with van der Waals surface area (Å²) in [5, 5.41) is 12.8. The van der Waals surface area contributed by atoms with E-state index in [2.05, 4.69) is 23.3 Å². The zero-order chi connectivity index (χ0) is 16.7. The van der Waals surface area contributed by atoms with Crippen LogP contribution in [0, 0.1) is 13.8 Å². The number of nitrogens with one attached hydrogen (secondary N) is 1. The Balaban J connectivity index is 1.94. The van der Waals surface area contributed by atoms with Gasteiger partial charge in [0.05, 0.1) is 11.9 Å². The highest BCUT2D eigenvalue weighted by Crippen LogP contribution is 2.22. The highest BCUT2D eigenvalue weighted by molar-refractivity contribution is 7.99. The Bertz CT molecular complexity index is 673. The Morgan fingerprint density at radius 3 is 2.83 bits per heavy atom. The summed E-state index contributed by atoms with van der Waals surface area (Å²) in [7, 11) is 0. The Labute approximate surface area is 141 Å².